The number of rotatable bonds is 6. The molecular formula is C25H33N7O2. The van der Waals surface area contributed by atoms with Crippen LogP contribution in [0.2, 0.25) is 0 Å². The molecule has 1 unspecified atom stereocenters. The molecule has 1 aliphatic heterocycles. The highest BCUT2D eigenvalue weighted by molar-refractivity contribution is 5.88. The van der Waals surface area contributed by atoms with Crippen molar-refractivity contribution >= 4 is 16.7 Å². The number of anilines is 1. The van der Waals surface area contributed by atoms with E-state index < -0.39 is 0 Å². The maximum atomic E-state index is 12.8. The zero-order chi connectivity index (χ0) is 24.6. The zero-order valence-electron chi connectivity index (χ0n) is 20.6. The number of fused-ring (bicyclic) bond motifs is 1. The Kier molecular flexibility index (Phi) is 6.62. The third-order valence-electron chi connectivity index (χ3n) is 7.26. The van der Waals surface area contributed by atoms with Crippen LogP contribution in [0.3, 0.4) is 0 Å². The van der Waals surface area contributed by atoms with Gasteiger partial charge < -0.3 is 14.0 Å². The normalized spacial score (nSPS) is 19.9. The van der Waals surface area contributed by atoms with E-state index in [9.17, 15) is 9.59 Å². The van der Waals surface area contributed by atoms with Crippen molar-refractivity contribution in [2.24, 2.45) is 14.1 Å². The molecule has 0 spiro atoms. The molecule has 9 nitrogen and oxygen atoms in total. The second-order valence-corrected chi connectivity index (χ2v) is 9.17. The van der Waals surface area contributed by atoms with Crippen molar-refractivity contribution in [3.63, 3.8) is 0 Å². The lowest BCUT2D eigenvalue weighted by Crippen LogP contribution is -2.59. The minimum Gasteiger partial charge on any atom is -0.364 e. The fraction of sp³-hybridized carbons (Fsp3) is 0.520. The summed E-state index contributed by atoms with van der Waals surface area (Å²) in [6.45, 7) is 8.08. The van der Waals surface area contributed by atoms with Gasteiger partial charge in [0.05, 0.1) is 23.5 Å². The molecule has 4 heterocycles. The Bertz CT molecular complexity index is 1350. The maximum absolute atomic E-state index is 12.8. The van der Waals surface area contributed by atoms with Gasteiger partial charge in [-0.05, 0) is 25.8 Å². The molecule has 9 heteroatoms. The number of nitriles is 1. The summed E-state index contributed by atoms with van der Waals surface area (Å²) in [5.41, 5.74) is 3.04. The van der Waals surface area contributed by atoms with Crippen LogP contribution in [0, 0.1) is 11.3 Å². The lowest BCUT2D eigenvalue weighted by Gasteiger charge is -2.49. The topological polar surface area (TPSA) is 92.1 Å². The van der Waals surface area contributed by atoms with Gasteiger partial charge in [0.15, 0.2) is 0 Å². The number of pyridine rings is 2. The van der Waals surface area contributed by atoms with Gasteiger partial charge in [-0.2, -0.15) is 10.4 Å². The lowest BCUT2D eigenvalue weighted by molar-refractivity contribution is 0.100. The third-order valence-corrected chi connectivity index (χ3v) is 7.26. The summed E-state index contributed by atoms with van der Waals surface area (Å²) in [5.74, 6) is 0. The van der Waals surface area contributed by atoms with Gasteiger partial charge in [-0.1, -0.05) is 19.9 Å². The average molecular weight is 464 g/mol. The molecular weight excluding hydrogens is 430 g/mol. The molecule has 3 atom stereocenters. The Morgan fingerprint density at radius 2 is 1.91 bits per heavy atom. The maximum Gasteiger partial charge on any atom is 0.255 e. The Morgan fingerprint density at radius 3 is 2.59 bits per heavy atom. The number of aromatic nitrogens is 4. The Hall–Kier alpha value is -3.38. The number of hydrogen-bond donors (Lipinski definition) is 0. The van der Waals surface area contributed by atoms with Crippen LogP contribution >= 0.6 is 0 Å². The minimum absolute atomic E-state index is 0.0143. The molecule has 3 aromatic heterocycles. The van der Waals surface area contributed by atoms with E-state index in [0.717, 1.165) is 48.2 Å². The van der Waals surface area contributed by atoms with Crippen molar-refractivity contribution < 1.29 is 0 Å². The first kappa shape index (κ1) is 23.8. The Balaban J connectivity index is 1.75. The molecule has 0 amide bonds. The molecule has 3 aromatic rings. The molecule has 0 bridgehead atoms. The lowest BCUT2D eigenvalue weighted by atomic mass is 9.97. The molecule has 0 aromatic carbocycles. The smallest absolute Gasteiger partial charge is 0.255 e. The third kappa shape index (κ3) is 4.03. The number of hydrogen-bond acceptors (Lipinski definition) is 6. The minimum atomic E-state index is -0.0921. The van der Waals surface area contributed by atoms with Crippen molar-refractivity contribution in [2.75, 3.05) is 18.0 Å². The standard InChI is InChI=1S/C25H33N7O2/c1-6-18-15-32(21-13-23(33)29(5)22-16-30(12-10-26)27-24(21)22)19(7-2)14-31(18)17(3)20-9-8-11-28(4)25(20)34/h8-9,11,13,16-19H,6-7,12,14-15H2,1-5H3/t17?,18-,19+/m1/s1. The fourth-order valence-electron chi connectivity index (χ4n) is 5.18. The monoisotopic (exact) mass is 463 g/mol. The second kappa shape index (κ2) is 9.47. The molecule has 0 radical (unpaired) electrons. The van der Waals surface area contributed by atoms with E-state index in [1.165, 1.54) is 0 Å². The number of nitrogens with zero attached hydrogens (tertiary/aromatic N) is 7. The van der Waals surface area contributed by atoms with Crippen molar-refractivity contribution in [2.45, 2.75) is 58.3 Å². The summed E-state index contributed by atoms with van der Waals surface area (Å²) in [5, 5.41) is 13.8. The predicted molar refractivity (Wildman–Crippen MR) is 133 cm³/mol. The first-order valence-electron chi connectivity index (χ1n) is 11.9. The van der Waals surface area contributed by atoms with Crippen molar-refractivity contribution in [3.8, 4) is 6.07 Å². The Morgan fingerprint density at radius 1 is 1.18 bits per heavy atom. The predicted octanol–water partition coefficient (Wildman–Crippen LogP) is 2.40. The van der Waals surface area contributed by atoms with Crippen LogP contribution in [0.25, 0.3) is 11.0 Å². The van der Waals surface area contributed by atoms with Crippen LogP contribution in [-0.4, -0.2) is 49.0 Å². The summed E-state index contributed by atoms with van der Waals surface area (Å²) in [4.78, 5) is 30.4. The van der Waals surface area contributed by atoms with Crippen LogP contribution in [0.4, 0.5) is 5.69 Å². The molecule has 1 aliphatic rings. The summed E-state index contributed by atoms with van der Waals surface area (Å²) < 4.78 is 4.81. The van der Waals surface area contributed by atoms with E-state index in [1.807, 2.05) is 12.1 Å². The molecule has 0 N–H and O–H groups in total. The highest BCUT2D eigenvalue weighted by Gasteiger charge is 2.37. The zero-order valence-corrected chi connectivity index (χ0v) is 20.6. The van der Waals surface area contributed by atoms with Gasteiger partial charge >= 0.3 is 0 Å². The highest BCUT2D eigenvalue weighted by Crippen LogP contribution is 2.33. The average Bonchev–Trinajstić information content (AvgIpc) is 3.26. The van der Waals surface area contributed by atoms with Gasteiger partial charge in [0, 0.05) is 63.1 Å². The molecule has 34 heavy (non-hydrogen) atoms. The van der Waals surface area contributed by atoms with E-state index in [1.54, 1.807) is 46.4 Å². The summed E-state index contributed by atoms with van der Waals surface area (Å²) >= 11 is 0. The Labute approximate surface area is 199 Å². The van der Waals surface area contributed by atoms with E-state index in [0.29, 0.717) is 0 Å². The summed E-state index contributed by atoms with van der Waals surface area (Å²) in [7, 11) is 3.52. The largest absolute Gasteiger partial charge is 0.364 e. The molecule has 0 saturated carbocycles. The SMILES string of the molecule is CC[C@H]1CN(C(C)c2cccn(C)c2=O)[C@H](CC)CN1c1cc(=O)n(C)c2cn(CC#N)nc12. The molecule has 180 valence electrons. The quantitative estimate of drug-likeness (QED) is 0.557. The number of piperazine rings is 1. The molecule has 0 aliphatic carbocycles. The van der Waals surface area contributed by atoms with E-state index in [2.05, 4.69) is 41.7 Å². The van der Waals surface area contributed by atoms with E-state index >= 15 is 0 Å². The van der Waals surface area contributed by atoms with Crippen LogP contribution < -0.4 is 16.0 Å². The highest BCUT2D eigenvalue weighted by atomic mass is 16.1. The first-order chi connectivity index (χ1) is 16.3. The van der Waals surface area contributed by atoms with Gasteiger partial charge in [0.1, 0.15) is 12.1 Å². The van der Waals surface area contributed by atoms with Crippen LogP contribution in [0.15, 0.2) is 40.2 Å². The molecule has 1 fully saturated rings. The van der Waals surface area contributed by atoms with Gasteiger partial charge in [-0.3, -0.25) is 19.2 Å². The van der Waals surface area contributed by atoms with Gasteiger partial charge in [0.25, 0.3) is 11.1 Å². The molecule has 1 saturated heterocycles. The van der Waals surface area contributed by atoms with Crippen molar-refractivity contribution in [3.05, 3.63) is 56.9 Å². The second-order valence-electron chi connectivity index (χ2n) is 9.17. The van der Waals surface area contributed by atoms with Crippen LogP contribution in [0.5, 0.6) is 0 Å². The van der Waals surface area contributed by atoms with E-state index in [4.69, 9.17) is 5.26 Å². The number of aryl methyl sites for hydroxylation is 2. The van der Waals surface area contributed by atoms with Crippen LogP contribution in [0.1, 0.15) is 45.2 Å². The summed E-state index contributed by atoms with van der Waals surface area (Å²) in [6.07, 6.45) is 5.36. The van der Waals surface area contributed by atoms with Gasteiger partial charge in [0.2, 0.25) is 0 Å². The fourth-order valence-corrected chi connectivity index (χ4v) is 5.18. The van der Waals surface area contributed by atoms with Crippen LogP contribution in [-0.2, 0) is 20.6 Å². The molecule has 4 rings (SSSR count). The van der Waals surface area contributed by atoms with Gasteiger partial charge in [-0.15, -0.1) is 0 Å². The van der Waals surface area contributed by atoms with E-state index in [-0.39, 0.29) is 35.8 Å². The summed E-state index contributed by atoms with van der Waals surface area (Å²) in [6, 6.07) is 8.01. The van der Waals surface area contributed by atoms with Gasteiger partial charge in [-0.25, -0.2) is 0 Å². The first-order valence-corrected chi connectivity index (χ1v) is 11.9. The van der Waals surface area contributed by atoms with Crippen molar-refractivity contribution in [1.29, 1.82) is 5.26 Å². The van der Waals surface area contributed by atoms with Crippen molar-refractivity contribution in [1.82, 2.24) is 23.8 Å².